The van der Waals surface area contributed by atoms with Crippen molar-refractivity contribution in [2.45, 2.75) is 19.4 Å². The van der Waals surface area contributed by atoms with Gasteiger partial charge >= 0.3 is 0 Å². The van der Waals surface area contributed by atoms with E-state index in [2.05, 4.69) is 26.9 Å². The molecule has 1 atom stereocenters. The maximum atomic E-state index is 13.7. The van der Waals surface area contributed by atoms with E-state index in [1.807, 2.05) is 6.07 Å². The van der Waals surface area contributed by atoms with E-state index in [-0.39, 0.29) is 11.7 Å². The number of nitrogens with zero attached hydrogens (tertiary/aromatic N) is 2. The number of hydrogen-bond acceptors (Lipinski definition) is 2. The number of nitriles is 1. The highest BCUT2D eigenvalue weighted by Crippen LogP contribution is 2.21. The summed E-state index contributed by atoms with van der Waals surface area (Å²) in [5, 5.41) is 8.91. The molecule has 0 amide bonds. The normalized spacial score (nSPS) is 21.1. The van der Waals surface area contributed by atoms with Gasteiger partial charge in [-0.25, -0.2) is 4.39 Å². The Kier molecular flexibility index (Phi) is 4.14. The molecule has 1 saturated heterocycles. The van der Waals surface area contributed by atoms with Gasteiger partial charge in [0.05, 0.1) is 12.0 Å². The van der Waals surface area contributed by atoms with Crippen LogP contribution in [0.25, 0.3) is 0 Å². The molecular formula is C13H14BrFN2. The molecule has 0 radical (unpaired) electrons. The van der Waals surface area contributed by atoms with Crippen molar-refractivity contribution >= 4 is 15.9 Å². The van der Waals surface area contributed by atoms with Crippen molar-refractivity contribution in [2.75, 3.05) is 13.1 Å². The van der Waals surface area contributed by atoms with Crippen LogP contribution in [0.2, 0.25) is 0 Å². The lowest BCUT2D eigenvalue weighted by Gasteiger charge is -2.29. The van der Waals surface area contributed by atoms with E-state index >= 15 is 0 Å². The molecule has 0 spiro atoms. The molecule has 0 aliphatic carbocycles. The number of piperidine rings is 1. The maximum Gasteiger partial charge on any atom is 0.128 e. The zero-order valence-corrected chi connectivity index (χ0v) is 11.1. The molecule has 1 unspecified atom stereocenters. The minimum atomic E-state index is -0.182. The van der Waals surface area contributed by atoms with Gasteiger partial charge in [-0.05, 0) is 31.5 Å². The van der Waals surface area contributed by atoms with Gasteiger partial charge in [-0.2, -0.15) is 5.26 Å². The van der Waals surface area contributed by atoms with Gasteiger partial charge in [0.25, 0.3) is 0 Å². The molecule has 2 nitrogen and oxygen atoms in total. The Morgan fingerprint density at radius 1 is 1.53 bits per heavy atom. The number of rotatable bonds is 2. The summed E-state index contributed by atoms with van der Waals surface area (Å²) in [6, 6.07) is 7.44. The third-order valence-corrected chi connectivity index (χ3v) is 3.59. The summed E-state index contributed by atoms with van der Waals surface area (Å²) in [7, 11) is 0. The largest absolute Gasteiger partial charge is 0.298 e. The average Bonchev–Trinajstić information content (AvgIpc) is 2.33. The first-order valence-electron chi connectivity index (χ1n) is 5.75. The first kappa shape index (κ1) is 12.5. The van der Waals surface area contributed by atoms with Gasteiger partial charge in [0, 0.05) is 23.1 Å². The molecular weight excluding hydrogens is 283 g/mol. The van der Waals surface area contributed by atoms with Gasteiger partial charge in [-0.15, -0.1) is 0 Å². The van der Waals surface area contributed by atoms with Crippen molar-refractivity contribution < 1.29 is 4.39 Å². The topological polar surface area (TPSA) is 27.0 Å². The lowest BCUT2D eigenvalue weighted by atomic mass is 9.99. The second-order valence-corrected chi connectivity index (χ2v) is 5.35. The van der Waals surface area contributed by atoms with Gasteiger partial charge in [-0.1, -0.05) is 22.0 Å². The van der Waals surface area contributed by atoms with Crippen LogP contribution in [-0.2, 0) is 6.54 Å². The quantitative estimate of drug-likeness (QED) is 0.837. The maximum absolute atomic E-state index is 13.7. The molecule has 1 aliphatic rings. The summed E-state index contributed by atoms with van der Waals surface area (Å²) in [5.74, 6) is -0.0827. The first-order chi connectivity index (χ1) is 8.19. The van der Waals surface area contributed by atoms with Gasteiger partial charge in [-0.3, -0.25) is 4.90 Å². The second-order valence-electron chi connectivity index (χ2n) is 4.44. The zero-order chi connectivity index (χ0) is 12.3. The van der Waals surface area contributed by atoms with E-state index in [0.717, 1.165) is 30.4 Å². The van der Waals surface area contributed by atoms with Gasteiger partial charge in [0.1, 0.15) is 5.82 Å². The smallest absolute Gasteiger partial charge is 0.128 e. The summed E-state index contributed by atoms with van der Waals surface area (Å²) in [6.07, 6.45) is 1.99. The molecule has 1 heterocycles. The Hall–Kier alpha value is -0.920. The van der Waals surface area contributed by atoms with Crippen LogP contribution in [0.3, 0.4) is 0 Å². The summed E-state index contributed by atoms with van der Waals surface area (Å²) < 4.78 is 14.4. The Morgan fingerprint density at radius 2 is 2.35 bits per heavy atom. The lowest BCUT2D eigenvalue weighted by Crippen LogP contribution is -2.34. The van der Waals surface area contributed by atoms with Crippen molar-refractivity contribution in [3.63, 3.8) is 0 Å². The Morgan fingerprint density at radius 3 is 3.06 bits per heavy atom. The van der Waals surface area contributed by atoms with E-state index in [1.54, 1.807) is 6.07 Å². The molecule has 0 aromatic heterocycles. The van der Waals surface area contributed by atoms with Crippen LogP contribution in [0.5, 0.6) is 0 Å². The standard InChI is InChI=1S/C13H14BrFN2/c14-12-4-3-11(13(15)6-12)9-17-5-1-2-10(7-16)8-17/h3-4,6,10H,1-2,5,8-9H2. The Labute approximate surface area is 109 Å². The summed E-state index contributed by atoms with van der Waals surface area (Å²) in [4.78, 5) is 2.16. The van der Waals surface area contributed by atoms with Crippen molar-refractivity contribution in [1.82, 2.24) is 4.90 Å². The second kappa shape index (κ2) is 5.61. The number of halogens is 2. The third-order valence-electron chi connectivity index (χ3n) is 3.10. The van der Waals surface area contributed by atoms with Crippen molar-refractivity contribution in [3.8, 4) is 6.07 Å². The van der Waals surface area contributed by atoms with Crippen molar-refractivity contribution in [1.29, 1.82) is 5.26 Å². The van der Waals surface area contributed by atoms with E-state index in [0.29, 0.717) is 12.1 Å². The van der Waals surface area contributed by atoms with Crippen LogP contribution in [0.4, 0.5) is 4.39 Å². The Bertz CT molecular complexity index is 442. The van der Waals surface area contributed by atoms with E-state index in [4.69, 9.17) is 5.26 Å². The molecule has 4 heteroatoms. The summed E-state index contributed by atoms with van der Waals surface area (Å²) in [6.45, 7) is 2.30. The minimum Gasteiger partial charge on any atom is -0.298 e. The average molecular weight is 297 g/mol. The fourth-order valence-electron chi connectivity index (χ4n) is 2.20. The van der Waals surface area contributed by atoms with Gasteiger partial charge in [0.15, 0.2) is 0 Å². The predicted molar refractivity (Wildman–Crippen MR) is 67.7 cm³/mol. The number of benzene rings is 1. The van der Waals surface area contributed by atoms with Crippen LogP contribution in [0.15, 0.2) is 22.7 Å². The third kappa shape index (κ3) is 3.27. The van der Waals surface area contributed by atoms with E-state index in [1.165, 1.54) is 6.07 Å². The van der Waals surface area contributed by atoms with Crippen LogP contribution in [0.1, 0.15) is 18.4 Å². The minimum absolute atomic E-state index is 0.0993. The van der Waals surface area contributed by atoms with E-state index < -0.39 is 0 Å². The molecule has 2 rings (SSSR count). The lowest BCUT2D eigenvalue weighted by molar-refractivity contribution is 0.190. The van der Waals surface area contributed by atoms with Crippen molar-refractivity contribution in [3.05, 3.63) is 34.1 Å². The highest BCUT2D eigenvalue weighted by molar-refractivity contribution is 9.10. The molecule has 1 aromatic carbocycles. The van der Waals surface area contributed by atoms with Crippen LogP contribution < -0.4 is 0 Å². The number of likely N-dealkylation sites (tertiary alicyclic amines) is 1. The fraction of sp³-hybridized carbons (Fsp3) is 0.462. The molecule has 0 N–H and O–H groups in total. The zero-order valence-electron chi connectivity index (χ0n) is 9.50. The van der Waals surface area contributed by atoms with Crippen LogP contribution in [-0.4, -0.2) is 18.0 Å². The molecule has 0 bridgehead atoms. The molecule has 90 valence electrons. The molecule has 1 aliphatic heterocycles. The highest BCUT2D eigenvalue weighted by atomic mass is 79.9. The number of hydrogen-bond donors (Lipinski definition) is 0. The summed E-state index contributed by atoms with van der Waals surface area (Å²) >= 11 is 3.25. The molecule has 1 fully saturated rings. The Balaban J connectivity index is 2.03. The monoisotopic (exact) mass is 296 g/mol. The first-order valence-corrected chi connectivity index (χ1v) is 6.54. The molecule has 0 saturated carbocycles. The van der Waals surface area contributed by atoms with Crippen LogP contribution >= 0.6 is 15.9 Å². The predicted octanol–water partition coefficient (Wildman–Crippen LogP) is 3.32. The van der Waals surface area contributed by atoms with Crippen LogP contribution in [0, 0.1) is 23.1 Å². The molecule has 1 aromatic rings. The van der Waals surface area contributed by atoms with Crippen molar-refractivity contribution in [2.24, 2.45) is 5.92 Å². The highest BCUT2D eigenvalue weighted by Gasteiger charge is 2.20. The van der Waals surface area contributed by atoms with Gasteiger partial charge < -0.3 is 0 Å². The summed E-state index contributed by atoms with van der Waals surface area (Å²) in [5.41, 5.74) is 0.701. The fourth-order valence-corrected chi connectivity index (χ4v) is 2.53. The SMILES string of the molecule is N#CC1CCCN(Cc2ccc(Br)cc2F)C1. The molecule has 17 heavy (non-hydrogen) atoms. The van der Waals surface area contributed by atoms with E-state index in [9.17, 15) is 4.39 Å². The van der Waals surface area contributed by atoms with Gasteiger partial charge in [0.2, 0.25) is 0 Å².